The Hall–Kier alpha value is -3.07. The monoisotopic (exact) mass is 413 g/mol. The topological polar surface area (TPSA) is 95.1 Å². The van der Waals surface area contributed by atoms with E-state index in [-0.39, 0.29) is 29.6 Å². The number of halogens is 1. The molecule has 1 N–H and O–H groups in total. The number of aromatic nitrogens is 4. The fourth-order valence-corrected chi connectivity index (χ4v) is 3.37. The highest BCUT2D eigenvalue weighted by Crippen LogP contribution is 2.35. The largest absolute Gasteiger partial charge is 0.373 e. The molecule has 0 radical (unpaired) electrons. The van der Waals surface area contributed by atoms with Gasteiger partial charge in [-0.05, 0) is 18.6 Å². The van der Waals surface area contributed by atoms with Crippen LogP contribution in [0.25, 0.3) is 5.69 Å². The summed E-state index contributed by atoms with van der Waals surface area (Å²) in [4.78, 5) is 17.1. The zero-order valence-corrected chi connectivity index (χ0v) is 17.1. The van der Waals surface area contributed by atoms with E-state index < -0.39 is 6.10 Å². The molecular weight excluding hydrogens is 389 g/mol. The second-order valence-corrected chi connectivity index (χ2v) is 8.34. The number of carbonyl (C=O) groups is 1. The molecule has 1 saturated heterocycles. The maximum absolute atomic E-state index is 14.0. The second kappa shape index (κ2) is 7.98. The number of amides is 1. The number of rotatable bonds is 5. The highest BCUT2D eigenvalue weighted by atomic mass is 19.1. The van der Waals surface area contributed by atoms with Crippen molar-refractivity contribution in [1.29, 1.82) is 0 Å². The number of nitrogens with zero attached hydrogens (tertiary/aromatic N) is 4. The van der Waals surface area contributed by atoms with Gasteiger partial charge in [0.05, 0.1) is 24.8 Å². The summed E-state index contributed by atoms with van der Waals surface area (Å²) < 4.78 is 26.5. The lowest BCUT2D eigenvalue weighted by Gasteiger charge is -2.16. The molecule has 3 aromatic rings. The molecule has 0 saturated carbocycles. The van der Waals surface area contributed by atoms with E-state index in [1.165, 1.54) is 10.7 Å². The van der Waals surface area contributed by atoms with Crippen LogP contribution < -0.4 is 5.32 Å². The Kier molecular flexibility index (Phi) is 5.38. The van der Waals surface area contributed by atoms with Crippen LogP contribution in [-0.4, -0.2) is 32.4 Å². The van der Waals surface area contributed by atoms with Crippen molar-refractivity contribution >= 4 is 5.91 Å². The van der Waals surface area contributed by atoms with Crippen molar-refractivity contribution in [3.8, 4) is 5.69 Å². The molecule has 3 heterocycles. The molecule has 2 atom stereocenters. The highest BCUT2D eigenvalue weighted by Gasteiger charge is 2.36. The van der Waals surface area contributed by atoms with Gasteiger partial charge in [0.2, 0.25) is 11.8 Å². The van der Waals surface area contributed by atoms with Gasteiger partial charge in [-0.25, -0.2) is 9.07 Å². The molecule has 8 nitrogen and oxygen atoms in total. The van der Waals surface area contributed by atoms with Crippen molar-refractivity contribution in [3.05, 3.63) is 59.8 Å². The van der Waals surface area contributed by atoms with E-state index in [2.05, 4.69) is 20.6 Å². The summed E-state index contributed by atoms with van der Waals surface area (Å²) in [5.74, 6) is 0.0459. The third kappa shape index (κ3) is 4.11. The number of ether oxygens (including phenoxy) is 1. The van der Waals surface area contributed by atoms with E-state index in [0.717, 1.165) is 5.56 Å². The van der Waals surface area contributed by atoms with Gasteiger partial charge < -0.3 is 14.6 Å². The van der Waals surface area contributed by atoms with E-state index >= 15 is 0 Å². The van der Waals surface area contributed by atoms with Crippen LogP contribution in [0.15, 0.2) is 41.2 Å². The highest BCUT2D eigenvalue weighted by molar-refractivity contribution is 5.79. The van der Waals surface area contributed by atoms with E-state index in [1.54, 1.807) is 30.6 Å². The van der Waals surface area contributed by atoms with E-state index in [0.29, 0.717) is 30.4 Å². The van der Waals surface area contributed by atoms with Gasteiger partial charge in [0.15, 0.2) is 5.82 Å². The van der Waals surface area contributed by atoms with Crippen LogP contribution in [0.3, 0.4) is 0 Å². The molecule has 1 aliphatic rings. The predicted molar refractivity (Wildman–Crippen MR) is 105 cm³/mol. The number of carbonyl (C=O) groups excluding carboxylic acids is 1. The van der Waals surface area contributed by atoms with Crippen LogP contribution >= 0.6 is 0 Å². The van der Waals surface area contributed by atoms with Gasteiger partial charge in [0.1, 0.15) is 11.5 Å². The molecule has 158 valence electrons. The molecule has 1 fully saturated rings. The van der Waals surface area contributed by atoms with Crippen LogP contribution in [-0.2, 0) is 21.5 Å². The lowest BCUT2D eigenvalue weighted by Crippen LogP contribution is -2.32. The Morgan fingerprint density at radius 1 is 1.33 bits per heavy atom. The summed E-state index contributed by atoms with van der Waals surface area (Å²) in [7, 11) is 0. The minimum Gasteiger partial charge on any atom is -0.373 e. The van der Waals surface area contributed by atoms with Gasteiger partial charge in [-0.15, -0.1) is 0 Å². The number of hydrogen-bond donors (Lipinski definition) is 1. The summed E-state index contributed by atoms with van der Waals surface area (Å²) in [5.41, 5.74) is 0.817. The third-order valence-corrected chi connectivity index (χ3v) is 4.99. The Morgan fingerprint density at radius 3 is 2.87 bits per heavy atom. The predicted octanol–water partition coefficient (Wildman–Crippen LogP) is 3.09. The van der Waals surface area contributed by atoms with Gasteiger partial charge in [-0.2, -0.15) is 10.1 Å². The minimum atomic E-state index is -0.444. The number of para-hydroxylation sites is 1. The van der Waals surface area contributed by atoms with Crippen molar-refractivity contribution in [2.24, 2.45) is 5.92 Å². The molecular formula is C21H24FN5O3. The zero-order valence-electron chi connectivity index (χ0n) is 17.1. The normalized spacial score (nSPS) is 19.2. The zero-order chi connectivity index (χ0) is 21.3. The first-order valence-corrected chi connectivity index (χ1v) is 9.85. The van der Waals surface area contributed by atoms with Crippen molar-refractivity contribution in [3.63, 3.8) is 0 Å². The van der Waals surface area contributed by atoms with Crippen LogP contribution in [0.5, 0.6) is 0 Å². The van der Waals surface area contributed by atoms with Gasteiger partial charge >= 0.3 is 0 Å². The lowest BCUT2D eigenvalue weighted by molar-refractivity contribution is -0.127. The molecule has 1 aromatic carbocycles. The van der Waals surface area contributed by atoms with Gasteiger partial charge in [-0.3, -0.25) is 4.79 Å². The van der Waals surface area contributed by atoms with E-state index in [9.17, 15) is 9.18 Å². The van der Waals surface area contributed by atoms with Gasteiger partial charge in [-0.1, -0.05) is 38.1 Å². The van der Waals surface area contributed by atoms with Gasteiger partial charge in [0, 0.05) is 23.8 Å². The van der Waals surface area contributed by atoms with Crippen molar-refractivity contribution in [2.75, 3.05) is 6.61 Å². The number of benzene rings is 1. The number of nitrogens with one attached hydrogen (secondary N) is 1. The van der Waals surface area contributed by atoms with Crippen LogP contribution in [0, 0.1) is 11.7 Å². The fourth-order valence-electron chi connectivity index (χ4n) is 3.37. The fraction of sp³-hybridized carbons (Fsp3) is 0.429. The molecule has 4 rings (SSSR count). The van der Waals surface area contributed by atoms with E-state index in [4.69, 9.17) is 9.26 Å². The Labute approximate surface area is 173 Å². The molecule has 0 aliphatic carbocycles. The molecule has 0 unspecified atom stereocenters. The van der Waals surface area contributed by atoms with Gasteiger partial charge in [0.25, 0.3) is 0 Å². The van der Waals surface area contributed by atoms with Crippen molar-refractivity contribution in [2.45, 2.75) is 45.3 Å². The second-order valence-electron chi connectivity index (χ2n) is 8.34. The lowest BCUT2D eigenvalue weighted by atomic mass is 9.96. The first-order valence-electron chi connectivity index (χ1n) is 9.85. The van der Waals surface area contributed by atoms with Crippen molar-refractivity contribution < 1.29 is 18.4 Å². The van der Waals surface area contributed by atoms with Crippen LogP contribution in [0.1, 0.15) is 50.6 Å². The molecule has 2 aromatic heterocycles. The summed E-state index contributed by atoms with van der Waals surface area (Å²) in [6, 6.07) is 6.38. The summed E-state index contributed by atoms with van der Waals surface area (Å²) in [6.07, 6.45) is 3.45. The average molecular weight is 413 g/mol. The van der Waals surface area contributed by atoms with Crippen LogP contribution in [0.2, 0.25) is 0 Å². The maximum atomic E-state index is 14.0. The molecule has 1 aliphatic heterocycles. The summed E-state index contributed by atoms with van der Waals surface area (Å²) in [5, 5.41) is 11.0. The third-order valence-electron chi connectivity index (χ3n) is 4.99. The minimum absolute atomic E-state index is 0.154. The first-order chi connectivity index (χ1) is 14.3. The Morgan fingerprint density at radius 2 is 2.13 bits per heavy atom. The first kappa shape index (κ1) is 20.2. The quantitative estimate of drug-likeness (QED) is 0.691. The molecule has 30 heavy (non-hydrogen) atoms. The van der Waals surface area contributed by atoms with Crippen molar-refractivity contribution in [1.82, 2.24) is 25.2 Å². The SMILES string of the molecule is CC(C)(C)c1nc(CNC(=O)[C@H]2CCO[C@@H]2c2cnn(-c3ccccc3F)c2)no1. The summed E-state index contributed by atoms with van der Waals surface area (Å²) in [6.45, 7) is 6.57. The standard InChI is InChI=1S/C21H24FN5O3/c1-21(2,3)20-25-17(26-30-20)11-23-19(28)14-8-9-29-18(14)13-10-24-27(12-13)16-7-5-4-6-15(16)22/h4-7,10,12,14,18H,8-9,11H2,1-3H3,(H,23,28)/t14-,18+/m0/s1. The Bertz CT molecular complexity index is 1040. The molecule has 9 heteroatoms. The Balaban J connectivity index is 1.43. The number of hydrogen-bond acceptors (Lipinski definition) is 6. The van der Waals surface area contributed by atoms with Crippen LogP contribution in [0.4, 0.5) is 4.39 Å². The average Bonchev–Trinajstić information content (AvgIpc) is 3.45. The molecule has 0 spiro atoms. The van der Waals surface area contributed by atoms with E-state index in [1.807, 2.05) is 20.8 Å². The molecule has 0 bridgehead atoms. The molecule has 1 amide bonds. The summed E-state index contributed by atoms with van der Waals surface area (Å²) >= 11 is 0. The maximum Gasteiger partial charge on any atom is 0.232 e. The smallest absolute Gasteiger partial charge is 0.232 e.